The summed E-state index contributed by atoms with van der Waals surface area (Å²) in [5.74, 6) is 0. The lowest BCUT2D eigenvalue weighted by molar-refractivity contribution is 0.191. The van der Waals surface area contributed by atoms with Crippen LogP contribution in [0, 0.1) is 0 Å². The van der Waals surface area contributed by atoms with Crippen LogP contribution in [0.3, 0.4) is 0 Å². The summed E-state index contributed by atoms with van der Waals surface area (Å²) in [5.41, 5.74) is 0. The standard InChI is InChI=1S/C8H13ClN2O3S/c1-14-5-3-2-4-11-7-8(6-10-11)15(9,12)13/h6-7H,2-5H2,1H3. The zero-order chi connectivity index (χ0) is 11.3. The average Bonchev–Trinajstić information content (AvgIpc) is 2.60. The zero-order valence-electron chi connectivity index (χ0n) is 8.39. The van der Waals surface area contributed by atoms with Gasteiger partial charge in [-0.25, -0.2) is 8.42 Å². The van der Waals surface area contributed by atoms with Crippen LogP contribution in [0.5, 0.6) is 0 Å². The summed E-state index contributed by atoms with van der Waals surface area (Å²) < 4.78 is 28.3. The fourth-order valence-corrected chi connectivity index (χ4v) is 1.77. The minimum atomic E-state index is -3.65. The van der Waals surface area contributed by atoms with E-state index in [0.29, 0.717) is 13.2 Å². The van der Waals surface area contributed by atoms with Crippen LogP contribution in [0.25, 0.3) is 0 Å². The van der Waals surface area contributed by atoms with Gasteiger partial charge in [-0.15, -0.1) is 0 Å². The van der Waals surface area contributed by atoms with Gasteiger partial charge in [-0.05, 0) is 12.8 Å². The minimum absolute atomic E-state index is 0.0379. The Morgan fingerprint density at radius 2 is 2.27 bits per heavy atom. The van der Waals surface area contributed by atoms with Crippen LogP contribution in [0.2, 0.25) is 0 Å². The van der Waals surface area contributed by atoms with Crippen LogP contribution in [-0.2, 0) is 20.3 Å². The number of rotatable bonds is 6. The first-order chi connectivity index (χ1) is 7.04. The van der Waals surface area contributed by atoms with Gasteiger partial charge in [0.1, 0.15) is 4.90 Å². The van der Waals surface area contributed by atoms with Gasteiger partial charge < -0.3 is 4.74 Å². The summed E-state index contributed by atoms with van der Waals surface area (Å²) in [4.78, 5) is 0.0379. The molecule has 0 aliphatic carbocycles. The monoisotopic (exact) mass is 252 g/mol. The highest BCUT2D eigenvalue weighted by Gasteiger charge is 2.11. The Balaban J connectivity index is 2.47. The lowest BCUT2D eigenvalue weighted by Crippen LogP contribution is -2.00. The van der Waals surface area contributed by atoms with Crippen LogP contribution in [0.15, 0.2) is 17.3 Å². The van der Waals surface area contributed by atoms with Crippen molar-refractivity contribution in [1.29, 1.82) is 0 Å². The Morgan fingerprint density at radius 1 is 1.53 bits per heavy atom. The molecule has 0 aliphatic heterocycles. The van der Waals surface area contributed by atoms with Gasteiger partial charge in [0.15, 0.2) is 0 Å². The van der Waals surface area contributed by atoms with E-state index in [2.05, 4.69) is 5.10 Å². The molecule has 5 nitrogen and oxygen atoms in total. The molecule has 7 heteroatoms. The van der Waals surface area contributed by atoms with Gasteiger partial charge >= 0.3 is 0 Å². The SMILES string of the molecule is COCCCCn1cc(S(=O)(=O)Cl)cn1. The molecule has 1 rings (SSSR count). The number of halogens is 1. The molecule has 1 aromatic heterocycles. The van der Waals surface area contributed by atoms with Crippen molar-refractivity contribution in [1.82, 2.24) is 9.78 Å². The molecule has 0 saturated carbocycles. The van der Waals surface area contributed by atoms with Crippen LogP contribution in [0.4, 0.5) is 0 Å². The third kappa shape index (κ3) is 4.19. The Kier molecular flexibility index (Phi) is 4.56. The smallest absolute Gasteiger partial charge is 0.264 e. The predicted octanol–water partition coefficient (Wildman–Crippen LogP) is 1.24. The second-order valence-corrected chi connectivity index (χ2v) is 5.64. The van der Waals surface area contributed by atoms with Crippen molar-refractivity contribution in [3.63, 3.8) is 0 Å². The summed E-state index contributed by atoms with van der Waals surface area (Å²) in [6.45, 7) is 1.36. The highest BCUT2D eigenvalue weighted by Crippen LogP contribution is 2.13. The summed E-state index contributed by atoms with van der Waals surface area (Å²) >= 11 is 0. The van der Waals surface area contributed by atoms with E-state index in [1.54, 1.807) is 11.8 Å². The first kappa shape index (κ1) is 12.5. The van der Waals surface area contributed by atoms with Crippen molar-refractivity contribution in [2.24, 2.45) is 0 Å². The zero-order valence-corrected chi connectivity index (χ0v) is 9.96. The first-order valence-electron chi connectivity index (χ1n) is 4.50. The normalized spacial score (nSPS) is 11.9. The maximum atomic E-state index is 10.9. The van der Waals surface area contributed by atoms with Gasteiger partial charge in [0.25, 0.3) is 9.05 Å². The molecular weight excluding hydrogens is 240 g/mol. The van der Waals surface area contributed by atoms with Crippen molar-refractivity contribution in [2.75, 3.05) is 13.7 Å². The highest BCUT2D eigenvalue weighted by atomic mass is 35.7. The summed E-state index contributed by atoms with van der Waals surface area (Å²) in [6, 6.07) is 0. The van der Waals surface area contributed by atoms with Gasteiger partial charge in [0, 0.05) is 37.1 Å². The van der Waals surface area contributed by atoms with E-state index in [-0.39, 0.29) is 4.90 Å². The largest absolute Gasteiger partial charge is 0.385 e. The van der Waals surface area contributed by atoms with E-state index in [9.17, 15) is 8.42 Å². The molecule has 1 heterocycles. The predicted molar refractivity (Wildman–Crippen MR) is 56.4 cm³/mol. The van der Waals surface area contributed by atoms with E-state index >= 15 is 0 Å². The van der Waals surface area contributed by atoms with Gasteiger partial charge in [0.05, 0.1) is 6.20 Å². The molecule has 0 atom stereocenters. The number of unbranched alkanes of at least 4 members (excludes halogenated alkanes) is 1. The van der Waals surface area contributed by atoms with E-state index < -0.39 is 9.05 Å². The summed E-state index contributed by atoms with van der Waals surface area (Å²) in [7, 11) is 3.15. The quantitative estimate of drug-likeness (QED) is 0.565. The number of aromatic nitrogens is 2. The molecule has 15 heavy (non-hydrogen) atoms. The number of nitrogens with zero attached hydrogens (tertiary/aromatic N) is 2. The maximum Gasteiger partial charge on any atom is 0.264 e. The molecule has 0 fully saturated rings. The molecule has 0 bridgehead atoms. The van der Waals surface area contributed by atoms with Crippen molar-refractivity contribution in [3.05, 3.63) is 12.4 Å². The number of methoxy groups -OCH3 is 1. The maximum absolute atomic E-state index is 10.9. The lowest BCUT2D eigenvalue weighted by atomic mass is 10.3. The fourth-order valence-electron chi connectivity index (χ4n) is 1.11. The van der Waals surface area contributed by atoms with E-state index in [4.69, 9.17) is 15.4 Å². The molecule has 0 aliphatic rings. The molecule has 0 aromatic carbocycles. The Morgan fingerprint density at radius 3 is 2.80 bits per heavy atom. The topological polar surface area (TPSA) is 61.2 Å². The second-order valence-electron chi connectivity index (χ2n) is 3.08. The van der Waals surface area contributed by atoms with E-state index in [1.807, 2.05) is 0 Å². The van der Waals surface area contributed by atoms with Crippen LogP contribution in [-0.4, -0.2) is 31.9 Å². The minimum Gasteiger partial charge on any atom is -0.385 e. The molecule has 0 radical (unpaired) electrons. The van der Waals surface area contributed by atoms with Gasteiger partial charge in [-0.2, -0.15) is 5.10 Å². The van der Waals surface area contributed by atoms with Gasteiger partial charge in [0.2, 0.25) is 0 Å². The molecule has 0 saturated heterocycles. The molecular formula is C8H13ClN2O3S. The van der Waals surface area contributed by atoms with Crippen molar-refractivity contribution in [2.45, 2.75) is 24.3 Å². The number of hydrogen-bond donors (Lipinski definition) is 0. The Hall–Kier alpha value is -0.590. The molecule has 86 valence electrons. The molecule has 0 spiro atoms. The average molecular weight is 253 g/mol. The van der Waals surface area contributed by atoms with Gasteiger partial charge in [-0.3, -0.25) is 4.68 Å². The third-order valence-electron chi connectivity index (χ3n) is 1.88. The molecule has 0 unspecified atom stereocenters. The number of aryl methyl sites for hydroxylation is 1. The van der Waals surface area contributed by atoms with Crippen molar-refractivity contribution < 1.29 is 13.2 Å². The lowest BCUT2D eigenvalue weighted by Gasteiger charge is -2.00. The summed E-state index contributed by atoms with van der Waals surface area (Å²) in [5, 5.41) is 3.89. The number of ether oxygens (including phenoxy) is 1. The Bertz CT molecular complexity index is 402. The first-order valence-corrected chi connectivity index (χ1v) is 6.81. The summed E-state index contributed by atoms with van der Waals surface area (Å²) in [6.07, 6.45) is 4.48. The van der Waals surface area contributed by atoms with Crippen LogP contribution < -0.4 is 0 Å². The Labute approximate surface area is 93.4 Å². The van der Waals surface area contributed by atoms with Crippen LogP contribution >= 0.6 is 10.7 Å². The van der Waals surface area contributed by atoms with E-state index in [1.165, 1.54) is 12.4 Å². The van der Waals surface area contributed by atoms with Crippen molar-refractivity contribution in [3.8, 4) is 0 Å². The second kappa shape index (κ2) is 5.48. The van der Waals surface area contributed by atoms with E-state index in [0.717, 1.165) is 12.8 Å². The molecule has 1 aromatic rings. The van der Waals surface area contributed by atoms with Gasteiger partial charge in [-0.1, -0.05) is 0 Å². The molecule has 0 amide bonds. The molecule has 0 N–H and O–H groups in total. The fraction of sp³-hybridized carbons (Fsp3) is 0.625. The highest BCUT2D eigenvalue weighted by molar-refractivity contribution is 8.13. The number of hydrogen-bond acceptors (Lipinski definition) is 4. The third-order valence-corrected chi connectivity index (χ3v) is 3.19. The van der Waals surface area contributed by atoms with Crippen LogP contribution in [0.1, 0.15) is 12.8 Å². The van der Waals surface area contributed by atoms with Crippen molar-refractivity contribution >= 4 is 19.7 Å².